The summed E-state index contributed by atoms with van der Waals surface area (Å²) in [4.78, 5) is 23.3. The number of carbonyl (C=O) groups is 2. The van der Waals surface area contributed by atoms with Crippen LogP contribution in [0.1, 0.15) is 10.4 Å². The quantitative estimate of drug-likeness (QED) is 0.838. The molecule has 1 aromatic heterocycles. The molecule has 2 rings (SSSR count). The van der Waals surface area contributed by atoms with Crippen LogP contribution in [0, 0.1) is 0 Å². The van der Waals surface area contributed by atoms with Gasteiger partial charge in [-0.2, -0.15) is 5.10 Å². The minimum Gasteiger partial charge on any atom is -0.468 e. The van der Waals surface area contributed by atoms with Gasteiger partial charge in [0.2, 0.25) is 0 Å². The smallest absolute Gasteiger partial charge is 0.327 e. The Morgan fingerprint density at radius 2 is 2.24 bits per heavy atom. The predicted molar refractivity (Wildman–Crippen MR) is 81.3 cm³/mol. The maximum Gasteiger partial charge on any atom is 0.327 e. The molecule has 1 aromatic carbocycles. The molecule has 1 heterocycles. The predicted octanol–water partition coefficient (Wildman–Crippen LogP) is 2.72. The summed E-state index contributed by atoms with van der Waals surface area (Å²) in [5.41, 5.74) is 0.798. The van der Waals surface area contributed by atoms with Crippen LogP contribution in [0.3, 0.4) is 0 Å². The van der Waals surface area contributed by atoms with Crippen LogP contribution >= 0.6 is 27.5 Å². The number of hydrogen-bond donors (Lipinski definition) is 1. The lowest BCUT2D eigenvalue weighted by Crippen LogP contribution is -2.13. The third kappa shape index (κ3) is 3.83. The molecule has 1 N–H and O–H groups in total. The van der Waals surface area contributed by atoms with Gasteiger partial charge in [-0.3, -0.25) is 14.3 Å². The summed E-state index contributed by atoms with van der Waals surface area (Å²) in [6, 6.07) is 5.07. The standard InChI is InChI=1S/C13H11BrClN3O3/c1-21-11(19)7-18-6-8(5-16-18)17-13(20)9-3-2-4-10(14)12(9)15/h2-6H,7H2,1H3,(H,17,20). The molecule has 8 heteroatoms. The van der Waals surface area contributed by atoms with Gasteiger partial charge in [0.1, 0.15) is 6.54 Å². The minimum absolute atomic E-state index is 0.0238. The average Bonchev–Trinajstić information content (AvgIpc) is 2.88. The first-order chi connectivity index (χ1) is 10.0. The summed E-state index contributed by atoms with van der Waals surface area (Å²) in [7, 11) is 1.30. The zero-order chi connectivity index (χ0) is 15.4. The van der Waals surface area contributed by atoms with Crippen LogP contribution in [0.15, 0.2) is 35.1 Å². The molecule has 0 unspecified atom stereocenters. The summed E-state index contributed by atoms with van der Waals surface area (Å²) < 4.78 is 6.54. The van der Waals surface area contributed by atoms with Crippen LogP contribution in [0.4, 0.5) is 5.69 Å². The lowest BCUT2D eigenvalue weighted by Gasteiger charge is -2.05. The highest BCUT2D eigenvalue weighted by Gasteiger charge is 2.13. The van der Waals surface area contributed by atoms with Crippen molar-refractivity contribution in [3.05, 3.63) is 45.7 Å². The van der Waals surface area contributed by atoms with E-state index in [4.69, 9.17) is 11.6 Å². The molecular formula is C13H11BrClN3O3. The van der Waals surface area contributed by atoms with E-state index in [1.807, 2.05) is 0 Å². The van der Waals surface area contributed by atoms with Gasteiger partial charge in [0.15, 0.2) is 0 Å². The fraction of sp³-hybridized carbons (Fsp3) is 0.154. The van der Waals surface area contributed by atoms with E-state index in [2.05, 4.69) is 31.1 Å². The van der Waals surface area contributed by atoms with E-state index in [1.54, 1.807) is 18.2 Å². The van der Waals surface area contributed by atoms with Crippen LogP contribution in [0.2, 0.25) is 5.02 Å². The minimum atomic E-state index is -0.425. The van der Waals surface area contributed by atoms with E-state index in [-0.39, 0.29) is 12.5 Å². The number of nitrogens with one attached hydrogen (secondary N) is 1. The van der Waals surface area contributed by atoms with Gasteiger partial charge < -0.3 is 10.1 Å². The van der Waals surface area contributed by atoms with Crippen molar-refractivity contribution < 1.29 is 14.3 Å². The molecule has 2 aromatic rings. The number of esters is 1. The number of aromatic nitrogens is 2. The molecule has 110 valence electrons. The Bertz CT molecular complexity index is 687. The van der Waals surface area contributed by atoms with Crippen molar-refractivity contribution >= 4 is 45.1 Å². The van der Waals surface area contributed by atoms with Crippen molar-refractivity contribution in [2.45, 2.75) is 6.54 Å². The van der Waals surface area contributed by atoms with Gasteiger partial charge in [-0.05, 0) is 28.1 Å². The second-order valence-electron chi connectivity index (χ2n) is 4.06. The lowest BCUT2D eigenvalue weighted by atomic mass is 10.2. The highest BCUT2D eigenvalue weighted by atomic mass is 79.9. The number of rotatable bonds is 4. The number of anilines is 1. The van der Waals surface area contributed by atoms with Crippen LogP contribution in [-0.4, -0.2) is 28.8 Å². The van der Waals surface area contributed by atoms with Crippen LogP contribution in [0.5, 0.6) is 0 Å². The Balaban J connectivity index is 2.09. The first-order valence-electron chi connectivity index (χ1n) is 5.86. The molecule has 0 saturated carbocycles. The van der Waals surface area contributed by atoms with E-state index < -0.39 is 5.97 Å². The number of halogens is 2. The SMILES string of the molecule is COC(=O)Cn1cc(NC(=O)c2cccc(Br)c2Cl)cn1. The molecule has 0 aliphatic heterocycles. The fourth-order valence-electron chi connectivity index (χ4n) is 1.59. The molecule has 0 fully saturated rings. The normalized spacial score (nSPS) is 10.2. The van der Waals surface area contributed by atoms with Crippen LogP contribution in [0.25, 0.3) is 0 Å². The molecule has 6 nitrogen and oxygen atoms in total. The zero-order valence-corrected chi connectivity index (χ0v) is 13.3. The third-order valence-electron chi connectivity index (χ3n) is 2.61. The Morgan fingerprint density at radius 3 is 2.95 bits per heavy atom. The number of ether oxygens (including phenoxy) is 1. The van der Waals surface area contributed by atoms with Crippen LogP contribution < -0.4 is 5.32 Å². The second kappa shape index (κ2) is 6.73. The monoisotopic (exact) mass is 371 g/mol. The number of amides is 1. The van der Waals surface area contributed by atoms with Gasteiger partial charge >= 0.3 is 5.97 Å². The van der Waals surface area contributed by atoms with Gasteiger partial charge in [0, 0.05) is 10.7 Å². The Kier molecular flexibility index (Phi) is 4.98. The van der Waals surface area contributed by atoms with Gasteiger partial charge in [0.05, 0.1) is 29.6 Å². The number of carbonyl (C=O) groups excluding carboxylic acids is 2. The number of methoxy groups -OCH3 is 1. The molecule has 0 saturated heterocycles. The molecule has 0 aliphatic rings. The highest BCUT2D eigenvalue weighted by Crippen LogP contribution is 2.26. The van der Waals surface area contributed by atoms with E-state index in [9.17, 15) is 9.59 Å². The van der Waals surface area contributed by atoms with Crippen molar-refractivity contribution in [3.63, 3.8) is 0 Å². The molecule has 21 heavy (non-hydrogen) atoms. The van der Waals surface area contributed by atoms with E-state index in [0.717, 1.165) is 0 Å². The van der Waals surface area contributed by atoms with Gasteiger partial charge in [-0.25, -0.2) is 0 Å². The number of nitrogens with zero attached hydrogens (tertiary/aromatic N) is 2. The van der Waals surface area contributed by atoms with Crippen molar-refractivity contribution in [1.82, 2.24) is 9.78 Å². The van der Waals surface area contributed by atoms with Gasteiger partial charge in [0.25, 0.3) is 5.91 Å². The summed E-state index contributed by atoms with van der Waals surface area (Å²) in [6.07, 6.45) is 2.97. The average molecular weight is 373 g/mol. The molecule has 0 atom stereocenters. The third-order valence-corrected chi connectivity index (χ3v) is 3.90. The zero-order valence-electron chi connectivity index (χ0n) is 11.0. The first kappa shape index (κ1) is 15.5. The lowest BCUT2D eigenvalue weighted by molar-refractivity contribution is -0.141. The van der Waals surface area contributed by atoms with Gasteiger partial charge in [-0.15, -0.1) is 0 Å². The second-order valence-corrected chi connectivity index (χ2v) is 5.29. The van der Waals surface area contributed by atoms with Crippen molar-refractivity contribution in [3.8, 4) is 0 Å². The molecule has 0 spiro atoms. The molecule has 1 amide bonds. The first-order valence-corrected chi connectivity index (χ1v) is 7.03. The molecule has 0 radical (unpaired) electrons. The summed E-state index contributed by atoms with van der Waals surface area (Å²) in [5.74, 6) is -0.787. The van der Waals surface area contributed by atoms with Gasteiger partial charge in [-0.1, -0.05) is 17.7 Å². The number of hydrogen-bond acceptors (Lipinski definition) is 4. The van der Waals surface area contributed by atoms with E-state index in [0.29, 0.717) is 20.7 Å². The molecule has 0 bridgehead atoms. The van der Waals surface area contributed by atoms with E-state index in [1.165, 1.54) is 24.2 Å². The summed E-state index contributed by atoms with van der Waals surface area (Å²) in [5, 5.41) is 6.94. The number of benzene rings is 1. The fourth-order valence-corrected chi connectivity index (χ4v) is 2.17. The Morgan fingerprint density at radius 1 is 1.48 bits per heavy atom. The highest BCUT2D eigenvalue weighted by molar-refractivity contribution is 9.10. The maximum absolute atomic E-state index is 12.1. The van der Waals surface area contributed by atoms with Crippen molar-refractivity contribution in [1.29, 1.82) is 0 Å². The molecule has 0 aliphatic carbocycles. The van der Waals surface area contributed by atoms with Crippen molar-refractivity contribution in [2.75, 3.05) is 12.4 Å². The topological polar surface area (TPSA) is 73.2 Å². The summed E-state index contributed by atoms with van der Waals surface area (Å²) >= 11 is 9.32. The van der Waals surface area contributed by atoms with Crippen molar-refractivity contribution in [2.24, 2.45) is 0 Å². The maximum atomic E-state index is 12.1. The van der Waals surface area contributed by atoms with Crippen LogP contribution in [-0.2, 0) is 16.1 Å². The molecular weight excluding hydrogens is 362 g/mol. The Hall–Kier alpha value is -1.86. The van der Waals surface area contributed by atoms with E-state index >= 15 is 0 Å². The largest absolute Gasteiger partial charge is 0.468 e. The Labute approximate surface area is 134 Å². The summed E-state index contributed by atoms with van der Waals surface area (Å²) in [6.45, 7) is -0.0238.